The Balaban J connectivity index is 2.23. The van der Waals surface area contributed by atoms with Crippen LogP contribution in [0.4, 0.5) is 5.69 Å². The molecule has 0 saturated heterocycles. The molecule has 1 aromatic carbocycles. The molecule has 1 amide bonds. The summed E-state index contributed by atoms with van der Waals surface area (Å²) in [4.78, 5) is 22.6. The standard InChI is InChI=1S/C14H17IN2O3/c1-13(2)12(14(13,3)4)16-11(18)9-7-8(17(19)20)5-6-10(9)15/h5-7,12H,1-4H3,(H,16,18). The molecule has 1 saturated carbocycles. The molecule has 20 heavy (non-hydrogen) atoms. The highest BCUT2D eigenvalue weighted by Crippen LogP contribution is 2.62. The van der Waals surface area contributed by atoms with Crippen molar-refractivity contribution < 1.29 is 9.72 Å². The van der Waals surface area contributed by atoms with Crippen LogP contribution in [0.5, 0.6) is 0 Å². The first-order valence-corrected chi connectivity index (χ1v) is 7.41. The van der Waals surface area contributed by atoms with Gasteiger partial charge in [-0.1, -0.05) is 27.7 Å². The van der Waals surface area contributed by atoms with Crippen LogP contribution in [-0.4, -0.2) is 16.9 Å². The van der Waals surface area contributed by atoms with Crippen molar-refractivity contribution in [2.75, 3.05) is 0 Å². The van der Waals surface area contributed by atoms with Crippen LogP contribution >= 0.6 is 22.6 Å². The Labute approximate surface area is 131 Å². The number of amides is 1. The molecule has 0 aliphatic heterocycles. The Kier molecular flexibility index (Phi) is 3.56. The number of nitrogens with zero attached hydrogens (tertiary/aromatic N) is 1. The third-order valence-corrected chi connectivity index (χ3v) is 5.64. The van der Waals surface area contributed by atoms with Crippen molar-refractivity contribution in [3.8, 4) is 0 Å². The topological polar surface area (TPSA) is 72.2 Å². The lowest BCUT2D eigenvalue weighted by molar-refractivity contribution is -0.384. The third-order valence-electron chi connectivity index (χ3n) is 4.70. The minimum Gasteiger partial charge on any atom is -0.348 e. The van der Waals surface area contributed by atoms with E-state index >= 15 is 0 Å². The van der Waals surface area contributed by atoms with Gasteiger partial charge in [-0.05, 0) is 39.5 Å². The quantitative estimate of drug-likeness (QED) is 0.490. The second kappa shape index (κ2) is 4.68. The van der Waals surface area contributed by atoms with Gasteiger partial charge in [-0.3, -0.25) is 14.9 Å². The van der Waals surface area contributed by atoms with Gasteiger partial charge in [-0.2, -0.15) is 0 Å². The number of rotatable bonds is 3. The Hall–Kier alpha value is -1.18. The summed E-state index contributed by atoms with van der Waals surface area (Å²) in [6.07, 6.45) is 0. The average molecular weight is 388 g/mol. The molecule has 0 spiro atoms. The van der Waals surface area contributed by atoms with Crippen LogP contribution in [0.15, 0.2) is 18.2 Å². The van der Waals surface area contributed by atoms with Crippen LogP contribution in [0.3, 0.4) is 0 Å². The van der Waals surface area contributed by atoms with Gasteiger partial charge in [0.1, 0.15) is 0 Å². The van der Waals surface area contributed by atoms with Crippen molar-refractivity contribution in [1.29, 1.82) is 0 Å². The van der Waals surface area contributed by atoms with Crippen LogP contribution < -0.4 is 5.32 Å². The van der Waals surface area contributed by atoms with Crippen molar-refractivity contribution in [2.24, 2.45) is 10.8 Å². The molecule has 0 aromatic heterocycles. The number of carbonyl (C=O) groups excluding carboxylic acids is 1. The number of nitro groups is 1. The smallest absolute Gasteiger partial charge is 0.270 e. The van der Waals surface area contributed by atoms with E-state index in [1.165, 1.54) is 12.1 Å². The molecule has 0 bridgehead atoms. The number of hydrogen-bond acceptors (Lipinski definition) is 3. The fourth-order valence-corrected chi connectivity index (χ4v) is 3.15. The first-order chi connectivity index (χ1) is 9.09. The molecule has 1 aromatic rings. The second-order valence-corrected chi connectivity index (χ2v) is 7.43. The van der Waals surface area contributed by atoms with E-state index in [4.69, 9.17) is 0 Å². The molecule has 1 fully saturated rings. The summed E-state index contributed by atoms with van der Waals surface area (Å²) in [5, 5.41) is 13.8. The number of nitro benzene ring substituents is 1. The molecular formula is C14H17IN2O3. The second-order valence-electron chi connectivity index (χ2n) is 6.27. The predicted molar refractivity (Wildman–Crippen MR) is 84.6 cm³/mol. The monoisotopic (exact) mass is 388 g/mol. The number of nitrogens with one attached hydrogen (secondary N) is 1. The van der Waals surface area contributed by atoms with Gasteiger partial charge in [-0.15, -0.1) is 0 Å². The minimum absolute atomic E-state index is 0.0365. The van der Waals surface area contributed by atoms with Crippen molar-refractivity contribution in [1.82, 2.24) is 5.32 Å². The zero-order valence-corrected chi connectivity index (χ0v) is 14.0. The minimum atomic E-state index is -0.488. The van der Waals surface area contributed by atoms with Crippen LogP contribution in [0.2, 0.25) is 0 Å². The lowest BCUT2D eigenvalue weighted by Crippen LogP contribution is -2.30. The lowest BCUT2D eigenvalue weighted by atomic mass is 10.0. The molecular weight excluding hydrogens is 371 g/mol. The highest BCUT2D eigenvalue weighted by Gasteiger charge is 2.65. The maximum absolute atomic E-state index is 12.3. The molecule has 0 heterocycles. The summed E-state index contributed by atoms with van der Waals surface area (Å²) in [6.45, 7) is 8.43. The summed E-state index contributed by atoms with van der Waals surface area (Å²) >= 11 is 2.02. The molecule has 2 rings (SSSR count). The van der Waals surface area contributed by atoms with Gasteiger partial charge >= 0.3 is 0 Å². The van der Waals surface area contributed by atoms with Crippen LogP contribution in [0, 0.1) is 24.5 Å². The van der Waals surface area contributed by atoms with Gasteiger partial charge < -0.3 is 5.32 Å². The SMILES string of the molecule is CC1(C)C(NC(=O)c2cc([N+](=O)[O-])ccc2I)C1(C)C. The van der Waals surface area contributed by atoms with Gasteiger partial charge in [0.15, 0.2) is 0 Å². The molecule has 0 radical (unpaired) electrons. The Bertz CT molecular complexity index is 582. The maximum Gasteiger partial charge on any atom is 0.270 e. The maximum atomic E-state index is 12.3. The van der Waals surface area contributed by atoms with Gasteiger partial charge in [0.25, 0.3) is 11.6 Å². The van der Waals surface area contributed by atoms with Gasteiger partial charge in [-0.25, -0.2) is 0 Å². The highest BCUT2D eigenvalue weighted by atomic mass is 127. The zero-order valence-electron chi connectivity index (χ0n) is 11.9. The molecule has 1 aliphatic carbocycles. The highest BCUT2D eigenvalue weighted by molar-refractivity contribution is 14.1. The largest absolute Gasteiger partial charge is 0.348 e. The van der Waals surface area contributed by atoms with E-state index in [-0.39, 0.29) is 28.5 Å². The third kappa shape index (κ3) is 2.30. The summed E-state index contributed by atoms with van der Waals surface area (Å²) in [7, 11) is 0. The lowest BCUT2D eigenvalue weighted by Gasteiger charge is -2.08. The number of non-ortho nitro benzene ring substituents is 1. The molecule has 5 nitrogen and oxygen atoms in total. The number of hydrogen-bond donors (Lipinski definition) is 1. The zero-order chi connectivity index (χ0) is 15.3. The number of carbonyl (C=O) groups is 1. The van der Waals surface area contributed by atoms with E-state index < -0.39 is 4.92 Å². The van der Waals surface area contributed by atoms with E-state index in [1.54, 1.807) is 6.07 Å². The fraction of sp³-hybridized carbons (Fsp3) is 0.500. The van der Waals surface area contributed by atoms with E-state index in [9.17, 15) is 14.9 Å². The van der Waals surface area contributed by atoms with E-state index in [2.05, 4.69) is 33.0 Å². The van der Waals surface area contributed by atoms with Crippen molar-refractivity contribution >= 4 is 34.2 Å². The van der Waals surface area contributed by atoms with Gasteiger partial charge in [0, 0.05) is 21.7 Å². The molecule has 0 atom stereocenters. The molecule has 0 unspecified atom stereocenters. The van der Waals surface area contributed by atoms with Crippen LogP contribution in [0.25, 0.3) is 0 Å². The predicted octanol–water partition coefficient (Wildman–Crippen LogP) is 3.36. The normalized spacial score (nSPS) is 19.4. The summed E-state index contributed by atoms with van der Waals surface area (Å²) in [5.74, 6) is -0.248. The first-order valence-electron chi connectivity index (χ1n) is 6.34. The summed E-state index contributed by atoms with van der Waals surface area (Å²) in [6, 6.07) is 4.41. The number of benzene rings is 1. The summed E-state index contributed by atoms with van der Waals surface area (Å²) < 4.78 is 0.710. The molecule has 1 aliphatic rings. The van der Waals surface area contributed by atoms with Crippen molar-refractivity contribution in [3.63, 3.8) is 0 Å². The molecule has 108 valence electrons. The Morgan fingerprint density at radius 2 is 1.85 bits per heavy atom. The van der Waals surface area contributed by atoms with Crippen molar-refractivity contribution in [3.05, 3.63) is 37.4 Å². The van der Waals surface area contributed by atoms with E-state index in [0.717, 1.165) is 0 Å². The molecule has 1 N–H and O–H groups in total. The van der Waals surface area contributed by atoms with Crippen molar-refractivity contribution in [2.45, 2.75) is 33.7 Å². The van der Waals surface area contributed by atoms with Crippen LogP contribution in [-0.2, 0) is 0 Å². The van der Waals surface area contributed by atoms with Crippen LogP contribution in [0.1, 0.15) is 38.1 Å². The fourth-order valence-electron chi connectivity index (χ4n) is 2.57. The number of halogens is 1. The molecule has 6 heteroatoms. The van der Waals surface area contributed by atoms with E-state index in [0.29, 0.717) is 9.13 Å². The van der Waals surface area contributed by atoms with Gasteiger partial charge in [0.05, 0.1) is 10.5 Å². The summed E-state index contributed by atoms with van der Waals surface area (Å²) in [5.41, 5.74) is 0.368. The first kappa shape index (κ1) is 15.2. The Morgan fingerprint density at radius 3 is 2.30 bits per heavy atom. The average Bonchev–Trinajstić information content (AvgIpc) is 2.71. The van der Waals surface area contributed by atoms with Gasteiger partial charge in [0.2, 0.25) is 0 Å². The Morgan fingerprint density at radius 1 is 1.30 bits per heavy atom. The van der Waals surface area contributed by atoms with E-state index in [1.807, 2.05) is 22.6 Å².